The minimum absolute atomic E-state index is 0.226. The number of ether oxygens (including phenoxy) is 2. The van der Waals surface area contributed by atoms with Crippen LogP contribution in [0.15, 0.2) is 147 Å². The highest BCUT2D eigenvalue weighted by Crippen LogP contribution is 2.41. The minimum Gasteiger partial charge on any atom is -0.396 e. The molecule has 12 aromatic heterocycles. The Morgan fingerprint density at radius 1 is 0.351 bits per heavy atom. The van der Waals surface area contributed by atoms with E-state index in [2.05, 4.69) is 229 Å². The molecule has 17 rings (SSSR count). The molecule has 0 amide bonds. The van der Waals surface area contributed by atoms with Gasteiger partial charge >= 0.3 is 0 Å². The van der Waals surface area contributed by atoms with Crippen LogP contribution in [0.5, 0.6) is 0 Å². The topological polar surface area (TPSA) is 155 Å². The fraction of sp³-hybridized carbons (Fsp3) is 0.548. The van der Waals surface area contributed by atoms with E-state index in [1.807, 2.05) is 87.8 Å². The van der Waals surface area contributed by atoms with E-state index in [0.29, 0.717) is 97.6 Å². The number of methoxy groups -OCH3 is 2. The number of alkyl halides is 3. The van der Waals surface area contributed by atoms with Gasteiger partial charge in [0.05, 0.1) is 24.3 Å². The molecule has 15 heterocycles. The molecule has 7 atom stereocenters. The SMILES string of the molecule is CC(C)c1cn(C2CCN(CCF)C2)c2ncccc12.CC(C)c1cn(CCCO)c2ncccc12.CC(C)c1cn([C@@H]2CCN(CCF)C2)c2ncccc12.CC(C)c1cn([C@H]2CCN(CCF)C2)c2ncccc12.CO[C@@H]1CCC[C@H]1n1cc(C(C)C)c2cccnc21.CO[C@H]1CCC[C@@H]1n1cc(C(C)C)c2cccnc21. The number of halogens is 3. The normalized spacial score (nSPS) is 20.2. The number of nitrogens with zero attached hydrogens (tertiary/aromatic N) is 15. The lowest BCUT2D eigenvalue weighted by Crippen LogP contribution is -2.23. The quantitative estimate of drug-likeness (QED) is 0.0686. The second-order valence-electron chi connectivity index (χ2n) is 33.8. The summed E-state index contributed by atoms with van der Waals surface area (Å²) in [5, 5.41) is 16.5. The largest absolute Gasteiger partial charge is 0.396 e. The van der Waals surface area contributed by atoms with Gasteiger partial charge in [0.25, 0.3) is 0 Å². The maximum Gasteiger partial charge on any atom is 0.140 e. The summed E-state index contributed by atoms with van der Waals surface area (Å²) in [5.41, 5.74) is 14.7. The van der Waals surface area contributed by atoms with Crippen LogP contribution in [0.25, 0.3) is 66.2 Å². The lowest BCUT2D eigenvalue weighted by molar-refractivity contribution is 0.0761. The number of aliphatic hydroxyl groups is 1. The zero-order valence-corrected chi connectivity index (χ0v) is 70.4. The second-order valence-corrected chi connectivity index (χ2v) is 33.8. The van der Waals surface area contributed by atoms with Crippen molar-refractivity contribution in [2.24, 2.45) is 0 Å². The monoisotopic (exact) mass is 1560 g/mol. The van der Waals surface area contributed by atoms with E-state index < -0.39 is 0 Å². The summed E-state index contributed by atoms with van der Waals surface area (Å²) in [7, 11) is 3.65. The summed E-state index contributed by atoms with van der Waals surface area (Å²) >= 11 is 0. The van der Waals surface area contributed by atoms with Crippen LogP contribution < -0.4 is 0 Å². The van der Waals surface area contributed by atoms with Crippen LogP contribution in [0.3, 0.4) is 0 Å². The fourth-order valence-corrected chi connectivity index (χ4v) is 18.3. The fourth-order valence-electron chi connectivity index (χ4n) is 18.3. The van der Waals surface area contributed by atoms with Gasteiger partial charge in [0.15, 0.2) is 0 Å². The number of hydrogen-bond acceptors (Lipinski definition) is 12. The molecule has 3 aliphatic heterocycles. The molecule has 0 bridgehead atoms. The van der Waals surface area contributed by atoms with E-state index in [0.717, 1.165) is 118 Å². The molecule has 0 aromatic carbocycles. The first-order chi connectivity index (χ1) is 55.3. The molecule has 1 N–H and O–H groups in total. The van der Waals surface area contributed by atoms with Crippen molar-refractivity contribution < 1.29 is 27.8 Å². The van der Waals surface area contributed by atoms with Gasteiger partial charge in [-0.25, -0.2) is 43.1 Å². The summed E-state index contributed by atoms with van der Waals surface area (Å²) < 4.78 is 62.5. The predicted octanol–water partition coefficient (Wildman–Crippen LogP) is 20.5. The zero-order chi connectivity index (χ0) is 80.7. The predicted molar refractivity (Wildman–Crippen MR) is 460 cm³/mol. The third-order valence-electron chi connectivity index (χ3n) is 24.3. The number of rotatable bonds is 22. The first kappa shape index (κ1) is 85.1. The molecule has 0 radical (unpaired) electrons. The maximum atomic E-state index is 12.5. The molecule has 5 fully saturated rings. The third-order valence-corrected chi connectivity index (χ3v) is 24.3. The van der Waals surface area contributed by atoms with E-state index in [9.17, 15) is 13.2 Å². The smallest absolute Gasteiger partial charge is 0.140 e. The van der Waals surface area contributed by atoms with Gasteiger partial charge in [0.1, 0.15) is 53.9 Å². The molecule has 5 aliphatic rings. The Morgan fingerprint density at radius 3 is 0.886 bits per heavy atom. The molecule has 114 heavy (non-hydrogen) atoms. The number of fused-ring (bicyclic) bond motifs is 6. The van der Waals surface area contributed by atoms with Gasteiger partial charge in [0, 0.05) is 211 Å². The van der Waals surface area contributed by atoms with Gasteiger partial charge in [-0.15, -0.1) is 0 Å². The summed E-state index contributed by atoms with van der Waals surface area (Å²) in [6.07, 6.45) is 36.6. The van der Waals surface area contributed by atoms with Crippen LogP contribution in [0, 0.1) is 0 Å². The molecule has 0 spiro atoms. The van der Waals surface area contributed by atoms with Crippen LogP contribution in [0.2, 0.25) is 0 Å². The lowest BCUT2D eigenvalue weighted by Gasteiger charge is -2.20. The van der Waals surface area contributed by atoms with E-state index in [4.69, 9.17) is 14.6 Å². The molecule has 2 saturated carbocycles. The van der Waals surface area contributed by atoms with E-state index in [-0.39, 0.29) is 26.6 Å². The highest BCUT2D eigenvalue weighted by molar-refractivity contribution is 5.85. The van der Waals surface area contributed by atoms with Crippen LogP contribution in [0.4, 0.5) is 13.2 Å². The first-order valence-electron chi connectivity index (χ1n) is 42.5. The second kappa shape index (κ2) is 40.0. The number of pyridine rings is 6. The highest BCUT2D eigenvalue weighted by atomic mass is 19.1. The molecule has 18 nitrogen and oxygen atoms in total. The Labute approximate surface area is 674 Å². The van der Waals surface area contributed by atoms with Crippen molar-refractivity contribution >= 4 is 66.2 Å². The molecule has 12 aromatic rings. The van der Waals surface area contributed by atoms with Crippen LogP contribution in [-0.4, -0.2) is 189 Å². The van der Waals surface area contributed by atoms with Gasteiger partial charge in [-0.2, -0.15) is 0 Å². The Kier molecular flexibility index (Phi) is 29.9. The summed E-state index contributed by atoms with van der Waals surface area (Å²) in [5.74, 6) is 3.02. The molecular formula is C93H128F3N15O3. The molecule has 614 valence electrons. The number of aryl methyl sites for hydroxylation is 1. The number of likely N-dealkylation sites (tertiary alicyclic amines) is 3. The van der Waals surface area contributed by atoms with Crippen molar-refractivity contribution in [1.29, 1.82) is 0 Å². The van der Waals surface area contributed by atoms with Gasteiger partial charge in [-0.1, -0.05) is 83.1 Å². The van der Waals surface area contributed by atoms with Crippen molar-refractivity contribution in [2.75, 3.05) is 99.8 Å². The average molecular weight is 1560 g/mol. The summed E-state index contributed by atoms with van der Waals surface area (Å²) in [4.78, 5) is 33.9. The van der Waals surface area contributed by atoms with E-state index in [1.165, 1.54) is 91.4 Å². The number of aromatic nitrogens is 12. The summed E-state index contributed by atoms with van der Waals surface area (Å²) in [6.45, 7) is 34.4. The van der Waals surface area contributed by atoms with Crippen molar-refractivity contribution in [3.63, 3.8) is 0 Å². The Hall–Kier alpha value is -8.31. The van der Waals surface area contributed by atoms with Crippen LogP contribution in [0.1, 0.15) is 246 Å². The van der Waals surface area contributed by atoms with Crippen molar-refractivity contribution in [3.8, 4) is 0 Å². The van der Waals surface area contributed by atoms with Gasteiger partial charge in [-0.05, 0) is 206 Å². The molecule has 3 saturated heterocycles. The van der Waals surface area contributed by atoms with Crippen LogP contribution >= 0.6 is 0 Å². The first-order valence-corrected chi connectivity index (χ1v) is 42.5. The highest BCUT2D eigenvalue weighted by Gasteiger charge is 2.34. The van der Waals surface area contributed by atoms with Gasteiger partial charge < -0.3 is 42.0 Å². The van der Waals surface area contributed by atoms with Gasteiger partial charge in [0.2, 0.25) is 0 Å². The van der Waals surface area contributed by atoms with Gasteiger partial charge in [-0.3, -0.25) is 14.7 Å². The third kappa shape index (κ3) is 19.4. The average Bonchev–Trinajstić information content (AvgIpc) is 1.64. The lowest BCUT2D eigenvalue weighted by atomic mass is 10.0. The molecular weight excluding hydrogens is 1430 g/mol. The summed E-state index contributed by atoms with van der Waals surface area (Å²) in [6, 6.07) is 27.1. The van der Waals surface area contributed by atoms with E-state index >= 15 is 0 Å². The zero-order valence-electron chi connectivity index (χ0n) is 70.4. The van der Waals surface area contributed by atoms with Crippen molar-refractivity contribution in [1.82, 2.24) is 72.0 Å². The standard InChI is InChI=1S/3C16H22FN3.2C16H22N2O.C13H18N2O/c3*1-12(2)15-11-20(16-14(15)4-3-7-18-16)13-5-8-19(10-13)9-6-17;2*1-11(2)13-10-18(14-7-4-8-15(14)19-3)16-12(13)6-5-9-17-16;1-10(2)12-9-15(7-4-8-16)13-11(12)5-3-6-14-13/h3*3-4,7,11-13H,5-6,8-10H2,1-2H3;2*5-6,9-11,14-15H,4,7-8H2,1-3H3;3,5-6,9-10,16H,4,7-8H2,1-2H3/t2*13-;;2*14-,15-;/m10.10./s1. The number of hydrogen-bond donors (Lipinski definition) is 1. The molecule has 2 aliphatic carbocycles. The Morgan fingerprint density at radius 2 is 0.614 bits per heavy atom. The van der Waals surface area contributed by atoms with Crippen molar-refractivity contribution in [3.05, 3.63) is 181 Å². The molecule has 21 heteroatoms. The minimum atomic E-state index is -0.255. The Bertz CT molecular complexity index is 4630. The maximum absolute atomic E-state index is 12.5. The Balaban J connectivity index is 0.000000127. The van der Waals surface area contributed by atoms with Crippen LogP contribution in [-0.2, 0) is 16.0 Å². The number of aliphatic hydroxyl groups excluding tert-OH is 1. The van der Waals surface area contributed by atoms with E-state index in [1.54, 1.807) is 0 Å². The molecule has 1 unspecified atom stereocenters. The van der Waals surface area contributed by atoms with Crippen molar-refractivity contribution in [2.45, 2.75) is 232 Å².